The molecule has 2 unspecified atom stereocenters. The summed E-state index contributed by atoms with van der Waals surface area (Å²) in [4.78, 5) is 0. The zero-order valence-corrected chi connectivity index (χ0v) is 26.4. The number of unbranched alkanes of at least 4 members (excludes halogenated alkanes) is 22. The second-order valence-corrected chi connectivity index (χ2v) is 12.4. The predicted molar refractivity (Wildman–Crippen MR) is 171 cm³/mol. The zero-order valence-electron chi connectivity index (χ0n) is 26.4. The van der Waals surface area contributed by atoms with Crippen molar-refractivity contribution < 1.29 is 0 Å². The zero-order chi connectivity index (χ0) is 27.1. The minimum absolute atomic E-state index is 0.985. The lowest BCUT2D eigenvalue weighted by Crippen LogP contribution is -2.16. The van der Waals surface area contributed by atoms with E-state index in [-0.39, 0.29) is 0 Å². The highest BCUT2D eigenvalue weighted by molar-refractivity contribution is 5.52. The number of rotatable bonds is 32. The van der Waals surface area contributed by atoms with Crippen LogP contribution in [0.4, 0.5) is 0 Å². The molecule has 0 aliphatic carbocycles. The summed E-state index contributed by atoms with van der Waals surface area (Å²) in [6.07, 6.45) is 44.5. The maximum atomic E-state index is 7.20. The molecule has 2 atom stereocenters. The van der Waals surface area contributed by atoms with Crippen LogP contribution < -0.4 is 0 Å². The van der Waals surface area contributed by atoms with E-state index in [1.54, 1.807) is 6.21 Å². The molecule has 0 aromatic rings. The third-order valence-electron chi connectivity index (χ3n) is 8.88. The Morgan fingerprint density at radius 1 is 0.351 bits per heavy atom. The van der Waals surface area contributed by atoms with Crippen LogP contribution in [0.2, 0.25) is 0 Å². The smallest absolute Gasteiger partial charge is 0.00477 e. The molecule has 37 heavy (non-hydrogen) atoms. The second-order valence-electron chi connectivity index (χ2n) is 12.4. The van der Waals surface area contributed by atoms with Crippen LogP contribution in [0.3, 0.4) is 0 Å². The van der Waals surface area contributed by atoms with Gasteiger partial charge in [-0.05, 0) is 30.9 Å². The maximum absolute atomic E-state index is 7.20. The quantitative estimate of drug-likeness (QED) is 0.0674. The number of hydrogen-bond acceptors (Lipinski definition) is 1. The van der Waals surface area contributed by atoms with Gasteiger partial charge in [0.1, 0.15) is 0 Å². The molecule has 0 saturated heterocycles. The first-order chi connectivity index (χ1) is 18.3. The van der Waals surface area contributed by atoms with E-state index in [9.17, 15) is 0 Å². The number of nitrogens with one attached hydrogen (secondary N) is 1. The monoisotopic (exact) mass is 520 g/mol. The molecule has 0 aromatic carbocycles. The lowest BCUT2D eigenvalue weighted by molar-refractivity contribution is 0.236. The predicted octanol–water partition coefficient (Wildman–Crippen LogP) is 13.6. The van der Waals surface area contributed by atoms with Gasteiger partial charge >= 0.3 is 0 Å². The van der Waals surface area contributed by atoms with Gasteiger partial charge in [0, 0.05) is 0 Å². The Morgan fingerprint density at radius 2 is 0.595 bits per heavy atom. The van der Waals surface area contributed by atoms with Crippen LogP contribution in [0, 0.1) is 17.2 Å². The summed E-state index contributed by atoms with van der Waals surface area (Å²) in [5, 5.41) is 7.20. The van der Waals surface area contributed by atoms with Gasteiger partial charge in [-0.2, -0.15) is 0 Å². The molecule has 222 valence electrons. The fourth-order valence-corrected chi connectivity index (χ4v) is 6.33. The Bertz CT molecular complexity index is 417. The summed E-state index contributed by atoms with van der Waals surface area (Å²) >= 11 is 0. The summed E-state index contributed by atoms with van der Waals surface area (Å²) in [5.74, 6) is 2.00. The van der Waals surface area contributed by atoms with Crippen LogP contribution in [0.25, 0.3) is 0 Å². The molecule has 0 aliphatic rings. The van der Waals surface area contributed by atoms with E-state index >= 15 is 0 Å². The van der Waals surface area contributed by atoms with Gasteiger partial charge in [-0.25, -0.2) is 0 Å². The molecular formula is C36H73N. The Hall–Kier alpha value is -0.330. The van der Waals surface area contributed by atoms with Crippen molar-refractivity contribution in [3.05, 3.63) is 0 Å². The Balaban J connectivity index is 4.68. The van der Waals surface area contributed by atoms with Crippen molar-refractivity contribution in [2.75, 3.05) is 0 Å². The first kappa shape index (κ1) is 36.7. The molecule has 0 amide bonds. The average Bonchev–Trinajstić information content (AvgIpc) is 2.91. The van der Waals surface area contributed by atoms with Crippen molar-refractivity contribution in [2.24, 2.45) is 11.8 Å². The molecule has 0 spiro atoms. The second kappa shape index (κ2) is 31.9. The van der Waals surface area contributed by atoms with Crippen molar-refractivity contribution in [1.82, 2.24) is 0 Å². The van der Waals surface area contributed by atoms with Gasteiger partial charge in [-0.1, -0.05) is 201 Å². The molecule has 0 fully saturated rings. The minimum atomic E-state index is 0.985. The Kier molecular flexibility index (Phi) is 31.6. The minimum Gasteiger partial charge on any atom is -0.313 e. The van der Waals surface area contributed by atoms with Crippen molar-refractivity contribution >= 4 is 6.21 Å². The molecular weight excluding hydrogens is 446 g/mol. The van der Waals surface area contributed by atoms with Gasteiger partial charge in [-0.3, -0.25) is 0 Å². The topological polar surface area (TPSA) is 23.9 Å². The molecule has 1 heteroatoms. The number of hydrogen-bond donors (Lipinski definition) is 1. The lowest BCUT2D eigenvalue weighted by Gasteiger charge is -2.28. The van der Waals surface area contributed by atoms with Crippen LogP contribution in [-0.4, -0.2) is 6.21 Å². The summed E-state index contributed by atoms with van der Waals surface area (Å²) in [6, 6.07) is 0. The molecule has 0 saturated carbocycles. The summed E-state index contributed by atoms with van der Waals surface area (Å²) in [7, 11) is 0. The van der Waals surface area contributed by atoms with Gasteiger partial charge in [0.2, 0.25) is 0 Å². The molecule has 0 aliphatic heterocycles. The van der Waals surface area contributed by atoms with Gasteiger partial charge in [0.05, 0.1) is 0 Å². The third kappa shape index (κ3) is 27.0. The van der Waals surface area contributed by atoms with Crippen molar-refractivity contribution in [2.45, 2.75) is 213 Å². The molecule has 0 radical (unpaired) electrons. The fourth-order valence-electron chi connectivity index (χ4n) is 6.33. The lowest BCUT2D eigenvalue weighted by atomic mass is 9.78. The summed E-state index contributed by atoms with van der Waals surface area (Å²) < 4.78 is 0. The normalized spacial score (nSPS) is 13.2. The SMILES string of the molecule is CCCCCCCCCC(CCCCCCCC)C(CCCCCCCC)CCCCCCCCC=N. The highest BCUT2D eigenvalue weighted by Gasteiger charge is 2.20. The largest absolute Gasteiger partial charge is 0.313 e. The molecule has 0 heterocycles. The molecule has 0 aromatic heterocycles. The van der Waals surface area contributed by atoms with E-state index in [1.807, 2.05) is 0 Å². The van der Waals surface area contributed by atoms with E-state index < -0.39 is 0 Å². The molecule has 1 nitrogen and oxygen atoms in total. The van der Waals surface area contributed by atoms with E-state index in [0.29, 0.717) is 0 Å². The van der Waals surface area contributed by atoms with E-state index in [4.69, 9.17) is 5.41 Å². The van der Waals surface area contributed by atoms with Crippen molar-refractivity contribution in [1.29, 1.82) is 5.41 Å². The van der Waals surface area contributed by atoms with Crippen molar-refractivity contribution in [3.63, 3.8) is 0 Å². The van der Waals surface area contributed by atoms with Crippen LogP contribution in [0.5, 0.6) is 0 Å². The maximum Gasteiger partial charge on any atom is -0.00477 e. The van der Waals surface area contributed by atoms with E-state index in [2.05, 4.69) is 20.8 Å². The van der Waals surface area contributed by atoms with Gasteiger partial charge in [0.15, 0.2) is 0 Å². The summed E-state index contributed by atoms with van der Waals surface area (Å²) in [5.41, 5.74) is 0. The molecule has 0 rings (SSSR count). The van der Waals surface area contributed by atoms with Crippen LogP contribution in [0.1, 0.15) is 213 Å². The van der Waals surface area contributed by atoms with E-state index in [0.717, 1.165) is 18.3 Å². The van der Waals surface area contributed by atoms with Gasteiger partial charge in [0.25, 0.3) is 0 Å². The van der Waals surface area contributed by atoms with Gasteiger partial charge in [-0.15, -0.1) is 0 Å². The van der Waals surface area contributed by atoms with Crippen LogP contribution >= 0.6 is 0 Å². The van der Waals surface area contributed by atoms with Crippen LogP contribution in [0.15, 0.2) is 0 Å². The fraction of sp³-hybridized carbons (Fsp3) is 0.972. The summed E-state index contributed by atoms with van der Waals surface area (Å²) in [6.45, 7) is 7.00. The molecule has 0 bridgehead atoms. The third-order valence-corrected chi connectivity index (χ3v) is 8.88. The highest BCUT2D eigenvalue weighted by Crippen LogP contribution is 2.33. The standard InChI is InChI=1S/C36H73N/c1-4-7-10-13-17-22-27-32-35(30-25-20-14-11-8-5-2)36(31-26-21-15-12-9-6-3)33-28-23-18-16-19-24-29-34-37/h34-37H,4-33H2,1-3H3. The highest BCUT2D eigenvalue weighted by atomic mass is 14.3. The Morgan fingerprint density at radius 3 is 0.865 bits per heavy atom. The van der Waals surface area contributed by atoms with Crippen LogP contribution in [-0.2, 0) is 0 Å². The van der Waals surface area contributed by atoms with Gasteiger partial charge < -0.3 is 5.41 Å². The Labute approximate surface area is 236 Å². The van der Waals surface area contributed by atoms with Crippen molar-refractivity contribution in [3.8, 4) is 0 Å². The average molecular weight is 520 g/mol. The first-order valence-corrected chi connectivity index (χ1v) is 17.8. The van der Waals surface area contributed by atoms with E-state index in [1.165, 1.54) is 186 Å². The molecule has 1 N–H and O–H groups in total. The first-order valence-electron chi connectivity index (χ1n) is 17.8.